The van der Waals surface area contributed by atoms with Crippen molar-refractivity contribution in [1.82, 2.24) is 5.32 Å². The third-order valence-electron chi connectivity index (χ3n) is 2.76. The smallest absolute Gasteiger partial charge is 0.0600 e. The van der Waals surface area contributed by atoms with Gasteiger partial charge in [0, 0.05) is 14.4 Å². The summed E-state index contributed by atoms with van der Waals surface area (Å²) in [6.07, 6.45) is 0. The summed E-state index contributed by atoms with van der Waals surface area (Å²) in [4.78, 5) is 1.32. The van der Waals surface area contributed by atoms with Crippen LogP contribution in [0, 0.1) is 6.92 Å². The molecule has 1 nitrogen and oxygen atoms in total. The van der Waals surface area contributed by atoms with Gasteiger partial charge in [-0.05, 0) is 54.2 Å². The summed E-state index contributed by atoms with van der Waals surface area (Å²) in [5, 5.41) is 6.49. The van der Waals surface area contributed by atoms with Crippen LogP contribution in [0.2, 0.25) is 5.02 Å². The molecule has 18 heavy (non-hydrogen) atoms. The van der Waals surface area contributed by atoms with E-state index in [0.29, 0.717) is 0 Å². The van der Waals surface area contributed by atoms with Gasteiger partial charge in [0.2, 0.25) is 0 Å². The van der Waals surface area contributed by atoms with Crippen LogP contribution in [-0.4, -0.2) is 6.54 Å². The lowest BCUT2D eigenvalue weighted by molar-refractivity contribution is 0.632. The van der Waals surface area contributed by atoms with Gasteiger partial charge in [-0.3, -0.25) is 0 Å². The topological polar surface area (TPSA) is 12.0 Å². The lowest BCUT2D eigenvalue weighted by Crippen LogP contribution is -2.21. The minimum Gasteiger partial charge on any atom is -0.306 e. The Bertz CT molecular complexity index is 538. The fraction of sp³-hybridized carbons (Fsp3) is 0.286. The highest BCUT2D eigenvalue weighted by Crippen LogP contribution is 2.32. The Labute approximate surface area is 125 Å². The van der Waals surface area contributed by atoms with Crippen molar-refractivity contribution < 1.29 is 0 Å². The van der Waals surface area contributed by atoms with Crippen LogP contribution >= 0.6 is 38.9 Å². The highest BCUT2D eigenvalue weighted by molar-refractivity contribution is 9.10. The van der Waals surface area contributed by atoms with E-state index in [0.717, 1.165) is 21.6 Å². The highest BCUT2D eigenvalue weighted by atomic mass is 79.9. The monoisotopic (exact) mass is 343 g/mol. The number of hydrogen-bond acceptors (Lipinski definition) is 2. The highest BCUT2D eigenvalue weighted by Gasteiger charge is 2.17. The second-order valence-electron chi connectivity index (χ2n) is 4.15. The van der Waals surface area contributed by atoms with Gasteiger partial charge in [0.15, 0.2) is 0 Å². The van der Waals surface area contributed by atoms with E-state index in [1.807, 2.05) is 12.1 Å². The number of halogens is 2. The number of nitrogens with one attached hydrogen (secondary N) is 1. The minimum absolute atomic E-state index is 0.157. The molecule has 0 saturated heterocycles. The molecule has 0 aliphatic carbocycles. The molecule has 0 spiro atoms. The Kier molecular flexibility index (Phi) is 4.84. The molecule has 1 aromatic carbocycles. The first-order valence-corrected chi connectivity index (χ1v) is 7.90. The molecular weight excluding hydrogens is 330 g/mol. The Morgan fingerprint density at radius 2 is 2.17 bits per heavy atom. The Balaban J connectivity index is 2.44. The Morgan fingerprint density at radius 1 is 1.39 bits per heavy atom. The maximum atomic E-state index is 6.33. The molecular formula is C14H15BrClNS. The van der Waals surface area contributed by atoms with Crippen molar-refractivity contribution in [3.8, 4) is 0 Å². The summed E-state index contributed by atoms with van der Waals surface area (Å²) >= 11 is 11.6. The molecule has 1 atom stereocenters. The molecule has 96 valence electrons. The van der Waals surface area contributed by atoms with Crippen molar-refractivity contribution in [2.45, 2.75) is 19.9 Å². The maximum absolute atomic E-state index is 6.33. The van der Waals surface area contributed by atoms with Crippen molar-refractivity contribution in [1.29, 1.82) is 0 Å². The van der Waals surface area contributed by atoms with Gasteiger partial charge >= 0.3 is 0 Å². The number of aryl methyl sites for hydroxylation is 1. The van der Waals surface area contributed by atoms with Crippen LogP contribution in [0.3, 0.4) is 0 Å². The van der Waals surface area contributed by atoms with Gasteiger partial charge in [-0.25, -0.2) is 0 Å². The van der Waals surface area contributed by atoms with Crippen molar-refractivity contribution in [2.24, 2.45) is 0 Å². The number of hydrogen-bond donors (Lipinski definition) is 1. The zero-order valence-electron chi connectivity index (χ0n) is 10.3. The lowest BCUT2D eigenvalue weighted by Gasteiger charge is -2.19. The second-order valence-corrected chi connectivity index (χ2v) is 6.59. The molecule has 1 unspecified atom stereocenters. The molecule has 2 aromatic rings. The molecule has 0 amide bonds. The van der Waals surface area contributed by atoms with Crippen LogP contribution < -0.4 is 5.32 Å². The Hall–Kier alpha value is -0.350. The van der Waals surface area contributed by atoms with Gasteiger partial charge in [-0.1, -0.05) is 34.5 Å². The third-order valence-corrected chi connectivity index (χ3v) is 4.48. The molecule has 1 N–H and O–H groups in total. The van der Waals surface area contributed by atoms with Gasteiger partial charge in [-0.15, -0.1) is 11.3 Å². The maximum Gasteiger partial charge on any atom is 0.0600 e. The standard InChI is InChI=1S/C14H15BrClNS/c1-3-17-14(10-6-9(2)18-8-10)12-7-11(15)4-5-13(12)16/h4-8,14,17H,3H2,1-2H3. The van der Waals surface area contributed by atoms with Crippen LogP contribution in [0.25, 0.3) is 0 Å². The normalized spacial score (nSPS) is 12.7. The van der Waals surface area contributed by atoms with Crippen molar-refractivity contribution in [3.05, 3.63) is 55.1 Å². The molecule has 0 aliphatic rings. The van der Waals surface area contributed by atoms with E-state index >= 15 is 0 Å². The number of thiophene rings is 1. The quantitative estimate of drug-likeness (QED) is 0.806. The van der Waals surface area contributed by atoms with E-state index in [1.54, 1.807) is 11.3 Å². The summed E-state index contributed by atoms with van der Waals surface area (Å²) in [7, 11) is 0. The van der Waals surface area contributed by atoms with E-state index in [9.17, 15) is 0 Å². The van der Waals surface area contributed by atoms with E-state index in [-0.39, 0.29) is 6.04 Å². The van der Waals surface area contributed by atoms with Crippen LogP contribution in [0.4, 0.5) is 0 Å². The first-order chi connectivity index (χ1) is 8.61. The van der Waals surface area contributed by atoms with Crippen LogP contribution in [0.1, 0.15) is 29.0 Å². The van der Waals surface area contributed by atoms with E-state index < -0.39 is 0 Å². The summed E-state index contributed by atoms with van der Waals surface area (Å²) in [5.74, 6) is 0. The molecule has 0 fully saturated rings. The fourth-order valence-electron chi connectivity index (χ4n) is 1.96. The van der Waals surface area contributed by atoms with Crippen LogP contribution in [0.5, 0.6) is 0 Å². The van der Waals surface area contributed by atoms with Gasteiger partial charge in [0.1, 0.15) is 0 Å². The van der Waals surface area contributed by atoms with Gasteiger partial charge in [0.25, 0.3) is 0 Å². The molecule has 0 aliphatic heterocycles. The summed E-state index contributed by atoms with van der Waals surface area (Å²) in [6.45, 7) is 5.14. The fourth-order valence-corrected chi connectivity index (χ4v) is 3.30. The summed E-state index contributed by atoms with van der Waals surface area (Å²) in [6, 6.07) is 8.36. The molecule has 1 aromatic heterocycles. The second kappa shape index (κ2) is 6.20. The zero-order chi connectivity index (χ0) is 13.1. The van der Waals surface area contributed by atoms with E-state index in [1.165, 1.54) is 10.4 Å². The summed E-state index contributed by atoms with van der Waals surface area (Å²) in [5.41, 5.74) is 2.39. The van der Waals surface area contributed by atoms with Crippen molar-refractivity contribution in [2.75, 3.05) is 6.54 Å². The van der Waals surface area contributed by atoms with E-state index in [2.05, 4.69) is 52.6 Å². The number of rotatable bonds is 4. The average molecular weight is 345 g/mol. The van der Waals surface area contributed by atoms with Gasteiger partial charge < -0.3 is 5.32 Å². The van der Waals surface area contributed by atoms with Crippen LogP contribution in [-0.2, 0) is 0 Å². The van der Waals surface area contributed by atoms with Gasteiger partial charge in [-0.2, -0.15) is 0 Å². The molecule has 1 heterocycles. The third kappa shape index (κ3) is 3.15. The molecule has 2 rings (SSSR count). The molecule has 4 heteroatoms. The first kappa shape index (κ1) is 14.1. The minimum atomic E-state index is 0.157. The molecule has 0 bridgehead atoms. The SMILES string of the molecule is CCNC(c1csc(C)c1)c1cc(Br)ccc1Cl. The molecule has 0 saturated carbocycles. The van der Waals surface area contributed by atoms with Gasteiger partial charge in [0.05, 0.1) is 6.04 Å². The average Bonchev–Trinajstić information content (AvgIpc) is 2.76. The zero-order valence-corrected chi connectivity index (χ0v) is 13.5. The molecule has 0 radical (unpaired) electrons. The van der Waals surface area contributed by atoms with E-state index in [4.69, 9.17) is 11.6 Å². The van der Waals surface area contributed by atoms with Crippen molar-refractivity contribution >= 4 is 38.9 Å². The predicted octanol–water partition coefficient (Wildman–Crippen LogP) is 5.17. The number of benzene rings is 1. The summed E-state index contributed by atoms with van der Waals surface area (Å²) < 4.78 is 1.05. The predicted molar refractivity (Wildman–Crippen MR) is 83.7 cm³/mol. The largest absolute Gasteiger partial charge is 0.306 e. The Morgan fingerprint density at radius 3 is 2.78 bits per heavy atom. The lowest BCUT2D eigenvalue weighted by atomic mass is 10.0. The first-order valence-electron chi connectivity index (χ1n) is 5.85. The van der Waals surface area contributed by atoms with Crippen molar-refractivity contribution in [3.63, 3.8) is 0 Å². The van der Waals surface area contributed by atoms with Crippen LogP contribution in [0.15, 0.2) is 34.1 Å².